The molecule has 0 aliphatic rings. The number of nitrogens with zero attached hydrogens (tertiary/aromatic N) is 1. The molecule has 2 nitrogen and oxygen atoms in total. The summed E-state index contributed by atoms with van der Waals surface area (Å²) in [7, 11) is 2.17. The maximum Gasteiger partial charge on any atom is 0.0522 e. The molecule has 0 heterocycles. The van der Waals surface area contributed by atoms with Gasteiger partial charge in [0.2, 0.25) is 0 Å². The zero-order valence-electron chi connectivity index (χ0n) is 17.3. The third-order valence-electron chi connectivity index (χ3n) is 5.55. The second kappa shape index (κ2) is 8.73. The Bertz CT molecular complexity index is 670. The van der Waals surface area contributed by atoms with Crippen molar-refractivity contribution in [2.24, 2.45) is 0 Å². The summed E-state index contributed by atoms with van der Waals surface area (Å²) in [5.41, 5.74) is 5.05. The van der Waals surface area contributed by atoms with Crippen LogP contribution in [0.3, 0.4) is 0 Å². The van der Waals surface area contributed by atoms with E-state index in [-0.39, 0.29) is 12.0 Å². The SMILES string of the molecule is CC(C)c1ccc(N(C)CCC(C)c2ccc(C(C)(C)CO)cc2)cc1. The van der Waals surface area contributed by atoms with Crippen LogP contribution in [0.1, 0.15) is 69.6 Å². The zero-order valence-corrected chi connectivity index (χ0v) is 17.3. The van der Waals surface area contributed by atoms with E-state index in [1.54, 1.807) is 0 Å². The van der Waals surface area contributed by atoms with Gasteiger partial charge in [-0.05, 0) is 47.1 Å². The number of aliphatic hydroxyl groups excluding tert-OH is 1. The minimum atomic E-state index is -0.176. The fraction of sp³-hybridized carbons (Fsp3) is 0.500. The Morgan fingerprint density at radius 1 is 0.885 bits per heavy atom. The van der Waals surface area contributed by atoms with E-state index in [2.05, 4.69) is 95.1 Å². The number of hydrogen-bond donors (Lipinski definition) is 1. The van der Waals surface area contributed by atoms with Crippen molar-refractivity contribution in [1.82, 2.24) is 0 Å². The van der Waals surface area contributed by atoms with Crippen molar-refractivity contribution in [2.75, 3.05) is 25.1 Å². The van der Waals surface area contributed by atoms with E-state index in [1.807, 2.05) is 0 Å². The summed E-state index contributed by atoms with van der Waals surface area (Å²) >= 11 is 0. The van der Waals surface area contributed by atoms with Crippen LogP contribution in [0.2, 0.25) is 0 Å². The minimum absolute atomic E-state index is 0.169. The summed E-state index contributed by atoms with van der Waals surface area (Å²) in [4.78, 5) is 2.34. The van der Waals surface area contributed by atoms with Crippen molar-refractivity contribution in [2.45, 2.75) is 58.3 Å². The smallest absolute Gasteiger partial charge is 0.0522 e. The summed E-state index contributed by atoms with van der Waals surface area (Å²) in [6, 6.07) is 17.7. The molecule has 0 radical (unpaired) electrons. The molecule has 0 fully saturated rings. The van der Waals surface area contributed by atoms with Crippen LogP contribution in [0.15, 0.2) is 48.5 Å². The zero-order chi connectivity index (χ0) is 19.3. The molecule has 0 saturated carbocycles. The Morgan fingerprint density at radius 3 is 1.92 bits per heavy atom. The van der Waals surface area contributed by atoms with Gasteiger partial charge in [-0.2, -0.15) is 0 Å². The first-order chi connectivity index (χ1) is 12.2. The topological polar surface area (TPSA) is 23.5 Å². The van der Waals surface area contributed by atoms with E-state index in [4.69, 9.17) is 0 Å². The van der Waals surface area contributed by atoms with Crippen molar-refractivity contribution in [3.63, 3.8) is 0 Å². The van der Waals surface area contributed by atoms with Gasteiger partial charge in [0.1, 0.15) is 0 Å². The molecule has 0 aliphatic heterocycles. The van der Waals surface area contributed by atoms with Gasteiger partial charge < -0.3 is 10.0 Å². The second-order valence-corrected chi connectivity index (χ2v) is 8.52. The number of aliphatic hydroxyl groups is 1. The van der Waals surface area contributed by atoms with Crippen LogP contribution in [0.4, 0.5) is 5.69 Å². The van der Waals surface area contributed by atoms with Gasteiger partial charge in [-0.15, -0.1) is 0 Å². The highest BCUT2D eigenvalue weighted by Gasteiger charge is 2.19. The van der Waals surface area contributed by atoms with Gasteiger partial charge >= 0.3 is 0 Å². The third kappa shape index (κ3) is 5.11. The van der Waals surface area contributed by atoms with Crippen LogP contribution in [-0.2, 0) is 5.41 Å². The average molecular weight is 354 g/mol. The Labute approximate surface area is 159 Å². The van der Waals surface area contributed by atoms with Gasteiger partial charge in [-0.1, -0.05) is 71.0 Å². The first-order valence-corrected chi connectivity index (χ1v) is 9.77. The van der Waals surface area contributed by atoms with Crippen molar-refractivity contribution >= 4 is 5.69 Å². The summed E-state index contributed by atoms with van der Waals surface area (Å²) in [5, 5.41) is 9.52. The second-order valence-electron chi connectivity index (χ2n) is 8.52. The molecular weight excluding hydrogens is 318 g/mol. The molecule has 0 aliphatic carbocycles. The molecule has 0 aromatic heterocycles. The van der Waals surface area contributed by atoms with Gasteiger partial charge in [0, 0.05) is 24.7 Å². The highest BCUT2D eigenvalue weighted by Crippen LogP contribution is 2.27. The Kier molecular flexibility index (Phi) is 6.88. The van der Waals surface area contributed by atoms with E-state index in [1.165, 1.54) is 22.4 Å². The Morgan fingerprint density at radius 2 is 1.42 bits per heavy atom. The standard InChI is InChI=1S/C24H35NO/c1-18(2)20-9-13-23(14-10-20)25(6)16-15-19(3)21-7-11-22(12-8-21)24(4,5)17-26/h7-14,18-19,26H,15-17H2,1-6H3. The van der Waals surface area contributed by atoms with Gasteiger partial charge in [0.25, 0.3) is 0 Å². The third-order valence-corrected chi connectivity index (χ3v) is 5.55. The summed E-state index contributed by atoms with van der Waals surface area (Å²) in [6.07, 6.45) is 1.12. The molecule has 2 rings (SSSR count). The lowest BCUT2D eigenvalue weighted by molar-refractivity contribution is 0.218. The lowest BCUT2D eigenvalue weighted by atomic mass is 9.84. The van der Waals surface area contributed by atoms with Crippen LogP contribution in [0, 0.1) is 0 Å². The molecule has 0 saturated heterocycles. The van der Waals surface area contributed by atoms with Gasteiger partial charge in [-0.25, -0.2) is 0 Å². The molecule has 2 aromatic carbocycles. The summed E-state index contributed by atoms with van der Waals surface area (Å²) in [5.74, 6) is 1.09. The van der Waals surface area contributed by atoms with Crippen molar-refractivity contribution < 1.29 is 5.11 Å². The van der Waals surface area contributed by atoms with Crippen molar-refractivity contribution in [3.8, 4) is 0 Å². The first-order valence-electron chi connectivity index (χ1n) is 9.77. The molecule has 1 atom stereocenters. The molecule has 2 aromatic rings. The van der Waals surface area contributed by atoms with Crippen LogP contribution >= 0.6 is 0 Å². The molecule has 26 heavy (non-hydrogen) atoms. The lowest BCUT2D eigenvalue weighted by Gasteiger charge is -2.24. The molecule has 2 heteroatoms. The number of rotatable bonds is 8. The maximum absolute atomic E-state index is 9.52. The fourth-order valence-electron chi connectivity index (χ4n) is 3.15. The number of anilines is 1. The molecule has 0 bridgehead atoms. The number of hydrogen-bond acceptors (Lipinski definition) is 2. The molecule has 142 valence electrons. The minimum Gasteiger partial charge on any atom is -0.395 e. The normalized spacial score (nSPS) is 13.1. The van der Waals surface area contributed by atoms with E-state index in [0.29, 0.717) is 11.8 Å². The fourth-order valence-corrected chi connectivity index (χ4v) is 3.15. The predicted octanol–water partition coefficient (Wildman–Crippen LogP) is 5.71. The monoisotopic (exact) mass is 353 g/mol. The van der Waals surface area contributed by atoms with E-state index >= 15 is 0 Å². The Balaban J connectivity index is 1.94. The van der Waals surface area contributed by atoms with Crippen LogP contribution in [0.5, 0.6) is 0 Å². The first kappa shape index (κ1) is 20.5. The van der Waals surface area contributed by atoms with Crippen molar-refractivity contribution in [1.29, 1.82) is 0 Å². The number of benzene rings is 2. The van der Waals surface area contributed by atoms with Crippen LogP contribution in [0.25, 0.3) is 0 Å². The summed E-state index contributed by atoms with van der Waals surface area (Å²) < 4.78 is 0. The molecular formula is C24H35NO. The highest BCUT2D eigenvalue weighted by atomic mass is 16.3. The van der Waals surface area contributed by atoms with Gasteiger partial charge in [-0.3, -0.25) is 0 Å². The average Bonchev–Trinajstić information content (AvgIpc) is 2.66. The molecule has 0 spiro atoms. The van der Waals surface area contributed by atoms with Crippen LogP contribution in [-0.4, -0.2) is 25.3 Å². The summed E-state index contributed by atoms with van der Waals surface area (Å²) in [6.45, 7) is 12.1. The predicted molar refractivity (Wildman–Crippen MR) is 113 cm³/mol. The maximum atomic E-state index is 9.52. The van der Waals surface area contributed by atoms with Gasteiger partial charge in [0.15, 0.2) is 0 Å². The molecule has 1 unspecified atom stereocenters. The molecule has 0 amide bonds. The Hall–Kier alpha value is -1.80. The van der Waals surface area contributed by atoms with Gasteiger partial charge in [0.05, 0.1) is 6.61 Å². The highest BCUT2D eigenvalue weighted by molar-refractivity contribution is 5.47. The van der Waals surface area contributed by atoms with E-state index in [9.17, 15) is 5.11 Å². The molecule has 1 N–H and O–H groups in total. The quantitative estimate of drug-likeness (QED) is 0.657. The van der Waals surface area contributed by atoms with Crippen LogP contribution < -0.4 is 4.90 Å². The van der Waals surface area contributed by atoms with E-state index in [0.717, 1.165) is 13.0 Å². The van der Waals surface area contributed by atoms with Crippen molar-refractivity contribution in [3.05, 3.63) is 65.2 Å². The van der Waals surface area contributed by atoms with E-state index < -0.39 is 0 Å². The largest absolute Gasteiger partial charge is 0.395 e. The lowest BCUT2D eigenvalue weighted by Crippen LogP contribution is -2.22.